The van der Waals surface area contributed by atoms with Crippen LogP contribution >= 0.6 is 0 Å². The lowest BCUT2D eigenvalue weighted by atomic mass is 10.1. The van der Waals surface area contributed by atoms with E-state index in [1.165, 1.54) is 11.9 Å². The van der Waals surface area contributed by atoms with Gasteiger partial charge in [-0.05, 0) is 19.9 Å². The van der Waals surface area contributed by atoms with Crippen LogP contribution < -0.4 is 5.32 Å². The van der Waals surface area contributed by atoms with Crippen LogP contribution in [0.2, 0.25) is 0 Å². The van der Waals surface area contributed by atoms with Crippen LogP contribution in [0.15, 0.2) is 0 Å². The summed E-state index contributed by atoms with van der Waals surface area (Å²) in [5.41, 5.74) is 0. The molecule has 1 fully saturated rings. The maximum atomic E-state index is 12.3. The number of carbonyl (C=O) groups is 1. The molecular formula is C9H15F3N2O. The molecule has 0 aromatic heterocycles. The smallest absolute Gasteiger partial charge is 0.341 e. The Balaban J connectivity index is 2.59. The Morgan fingerprint density at radius 2 is 2.13 bits per heavy atom. The van der Waals surface area contributed by atoms with Crippen molar-refractivity contribution in [3.05, 3.63) is 0 Å². The van der Waals surface area contributed by atoms with Crippen LogP contribution in [-0.2, 0) is 4.79 Å². The average molecular weight is 224 g/mol. The van der Waals surface area contributed by atoms with E-state index in [4.69, 9.17) is 0 Å². The van der Waals surface area contributed by atoms with Gasteiger partial charge in [0, 0.05) is 19.6 Å². The molecule has 0 saturated carbocycles. The quantitative estimate of drug-likeness (QED) is 0.759. The van der Waals surface area contributed by atoms with Crippen molar-refractivity contribution in [3.8, 4) is 0 Å². The summed E-state index contributed by atoms with van der Waals surface area (Å²) in [5.74, 6) is -2.76. The van der Waals surface area contributed by atoms with Gasteiger partial charge in [0.2, 0.25) is 5.91 Å². The molecule has 88 valence electrons. The lowest BCUT2D eigenvalue weighted by Crippen LogP contribution is -2.44. The molecule has 1 aliphatic rings. The summed E-state index contributed by atoms with van der Waals surface area (Å²) in [7, 11) is 1.43. The summed E-state index contributed by atoms with van der Waals surface area (Å²) in [6.07, 6.45) is -3.73. The van der Waals surface area contributed by atoms with E-state index in [9.17, 15) is 18.0 Å². The average Bonchev–Trinajstić information content (AvgIpc) is 2.65. The second-order valence-electron chi connectivity index (χ2n) is 3.86. The van der Waals surface area contributed by atoms with Gasteiger partial charge in [0.05, 0.1) is 0 Å². The van der Waals surface area contributed by atoms with Crippen LogP contribution in [0.4, 0.5) is 13.2 Å². The van der Waals surface area contributed by atoms with Gasteiger partial charge < -0.3 is 10.2 Å². The molecule has 1 N–H and O–H groups in total. The molecule has 1 heterocycles. The van der Waals surface area contributed by atoms with Crippen LogP contribution in [0.25, 0.3) is 0 Å². The highest BCUT2D eigenvalue weighted by atomic mass is 19.4. The van der Waals surface area contributed by atoms with Crippen molar-refractivity contribution in [1.82, 2.24) is 10.2 Å². The molecule has 0 spiro atoms. The van der Waals surface area contributed by atoms with Gasteiger partial charge in [0.15, 0.2) is 0 Å². The molecule has 1 saturated heterocycles. The minimum atomic E-state index is -4.45. The maximum Gasteiger partial charge on any atom is 0.400 e. The molecule has 1 amide bonds. The number of rotatable bonds is 2. The van der Waals surface area contributed by atoms with Gasteiger partial charge in [0.1, 0.15) is 5.92 Å². The number of carbonyl (C=O) groups excluding carboxylic acids is 1. The number of amides is 1. The number of alkyl halides is 3. The summed E-state index contributed by atoms with van der Waals surface area (Å²) in [5, 5.41) is 3.01. The van der Waals surface area contributed by atoms with E-state index in [0.29, 0.717) is 13.0 Å². The van der Waals surface area contributed by atoms with Gasteiger partial charge >= 0.3 is 6.18 Å². The van der Waals surface area contributed by atoms with Crippen LogP contribution in [0, 0.1) is 5.92 Å². The fraction of sp³-hybridized carbons (Fsp3) is 0.889. The SMILES string of the molecule is CC(C(=O)N(C)C1CCNC1)C(F)(F)F. The van der Waals surface area contributed by atoms with E-state index in [0.717, 1.165) is 13.5 Å². The minimum absolute atomic E-state index is 0.109. The Labute approximate surface area is 86.6 Å². The molecule has 0 radical (unpaired) electrons. The zero-order valence-corrected chi connectivity index (χ0v) is 8.77. The Morgan fingerprint density at radius 3 is 2.53 bits per heavy atom. The van der Waals surface area contributed by atoms with Gasteiger partial charge in [-0.25, -0.2) is 0 Å². The highest BCUT2D eigenvalue weighted by molar-refractivity contribution is 5.79. The molecule has 2 atom stereocenters. The first-order valence-electron chi connectivity index (χ1n) is 4.88. The van der Waals surface area contributed by atoms with Crippen molar-refractivity contribution in [1.29, 1.82) is 0 Å². The van der Waals surface area contributed by atoms with E-state index in [2.05, 4.69) is 5.32 Å². The van der Waals surface area contributed by atoms with Crippen molar-refractivity contribution in [2.24, 2.45) is 5.92 Å². The molecular weight excluding hydrogens is 209 g/mol. The fourth-order valence-corrected chi connectivity index (χ4v) is 1.60. The largest absolute Gasteiger partial charge is 0.400 e. The van der Waals surface area contributed by atoms with Gasteiger partial charge in [-0.3, -0.25) is 4.79 Å². The van der Waals surface area contributed by atoms with E-state index in [-0.39, 0.29) is 6.04 Å². The second-order valence-corrected chi connectivity index (χ2v) is 3.86. The Morgan fingerprint density at radius 1 is 1.53 bits per heavy atom. The van der Waals surface area contributed by atoms with E-state index >= 15 is 0 Å². The fourth-order valence-electron chi connectivity index (χ4n) is 1.60. The van der Waals surface area contributed by atoms with E-state index in [1.54, 1.807) is 0 Å². The molecule has 2 unspecified atom stereocenters. The predicted octanol–water partition coefficient (Wildman–Crippen LogP) is 1.01. The van der Waals surface area contributed by atoms with Gasteiger partial charge in [-0.15, -0.1) is 0 Å². The summed E-state index contributed by atoms with van der Waals surface area (Å²) in [6, 6.07) is -0.109. The maximum absolute atomic E-state index is 12.3. The molecule has 0 aromatic carbocycles. The summed E-state index contributed by atoms with van der Waals surface area (Å²) in [4.78, 5) is 12.7. The van der Waals surface area contributed by atoms with Gasteiger partial charge in [-0.2, -0.15) is 13.2 Å². The number of halogens is 3. The lowest BCUT2D eigenvalue weighted by molar-refractivity contribution is -0.185. The highest BCUT2D eigenvalue weighted by Crippen LogP contribution is 2.27. The standard InChI is InChI=1S/C9H15F3N2O/c1-6(9(10,11)12)8(15)14(2)7-3-4-13-5-7/h6-7,13H,3-5H2,1-2H3. The first-order chi connectivity index (χ1) is 6.84. The Bertz CT molecular complexity index is 236. The number of likely N-dealkylation sites (N-methyl/N-ethyl adjacent to an activating group) is 1. The first kappa shape index (κ1) is 12.3. The normalized spacial score (nSPS) is 23.9. The zero-order chi connectivity index (χ0) is 11.6. The molecule has 0 aliphatic carbocycles. The molecule has 6 heteroatoms. The topological polar surface area (TPSA) is 32.3 Å². The Hall–Kier alpha value is -0.780. The number of nitrogens with zero attached hydrogens (tertiary/aromatic N) is 1. The molecule has 3 nitrogen and oxygen atoms in total. The molecule has 15 heavy (non-hydrogen) atoms. The predicted molar refractivity (Wildman–Crippen MR) is 49.3 cm³/mol. The second kappa shape index (κ2) is 4.38. The number of hydrogen-bond acceptors (Lipinski definition) is 2. The number of hydrogen-bond donors (Lipinski definition) is 1. The number of nitrogens with one attached hydrogen (secondary N) is 1. The zero-order valence-electron chi connectivity index (χ0n) is 8.77. The third kappa shape index (κ3) is 2.84. The van der Waals surface area contributed by atoms with Crippen molar-refractivity contribution in [2.45, 2.75) is 25.6 Å². The van der Waals surface area contributed by atoms with Crippen molar-refractivity contribution >= 4 is 5.91 Å². The minimum Gasteiger partial charge on any atom is -0.341 e. The monoisotopic (exact) mass is 224 g/mol. The lowest BCUT2D eigenvalue weighted by Gasteiger charge is -2.27. The van der Waals surface area contributed by atoms with E-state index in [1.807, 2.05) is 0 Å². The Kier molecular flexibility index (Phi) is 3.59. The molecule has 1 rings (SSSR count). The van der Waals surface area contributed by atoms with Crippen LogP contribution in [0.3, 0.4) is 0 Å². The van der Waals surface area contributed by atoms with Crippen molar-refractivity contribution in [3.63, 3.8) is 0 Å². The highest BCUT2D eigenvalue weighted by Gasteiger charge is 2.43. The summed E-state index contributed by atoms with van der Waals surface area (Å²) >= 11 is 0. The van der Waals surface area contributed by atoms with E-state index < -0.39 is 18.0 Å². The first-order valence-corrected chi connectivity index (χ1v) is 4.88. The summed E-state index contributed by atoms with van der Waals surface area (Å²) < 4.78 is 36.9. The van der Waals surface area contributed by atoms with Crippen LogP contribution in [0.5, 0.6) is 0 Å². The van der Waals surface area contributed by atoms with Crippen LogP contribution in [-0.4, -0.2) is 43.2 Å². The van der Waals surface area contributed by atoms with Crippen molar-refractivity contribution in [2.75, 3.05) is 20.1 Å². The summed E-state index contributed by atoms with van der Waals surface area (Å²) in [6.45, 7) is 2.23. The van der Waals surface area contributed by atoms with Gasteiger partial charge in [-0.1, -0.05) is 0 Å². The van der Waals surface area contributed by atoms with Gasteiger partial charge in [0.25, 0.3) is 0 Å². The molecule has 0 aromatic rings. The molecule has 1 aliphatic heterocycles. The van der Waals surface area contributed by atoms with Crippen LogP contribution in [0.1, 0.15) is 13.3 Å². The third-order valence-corrected chi connectivity index (χ3v) is 2.79. The van der Waals surface area contributed by atoms with Crippen molar-refractivity contribution < 1.29 is 18.0 Å². The molecule has 0 bridgehead atoms. The third-order valence-electron chi connectivity index (χ3n) is 2.79.